The molecular formula is C11H21NO2. The quantitative estimate of drug-likeness (QED) is 0.689. The molecule has 1 spiro atoms. The molecule has 0 radical (unpaired) electrons. The van der Waals surface area contributed by atoms with Gasteiger partial charge >= 0.3 is 0 Å². The third-order valence-corrected chi connectivity index (χ3v) is 3.14. The van der Waals surface area contributed by atoms with E-state index >= 15 is 0 Å². The van der Waals surface area contributed by atoms with Crippen molar-refractivity contribution < 1.29 is 9.47 Å². The third kappa shape index (κ3) is 2.27. The molecule has 0 aromatic carbocycles. The first-order valence-corrected chi connectivity index (χ1v) is 5.85. The van der Waals surface area contributed by atoms with E-state index in [0.29, 0.717) is 0 Å². The molecule has 0 aromatic heterocycles. The first kappa shape index (κ1) is 10.4. The average molecular weight is 199 g/mol. The van der Waals surface area contributed by atoms with Gasteiger partial charge in [0.1, 0.15) is 0 Å². The van der Waals surface area contributed by atoms with Crippen molar-refractivity contribution in [1.29, 1.82) is 0 Å². The Morgan fingerprint density at radius 1 is 1.29 bits per heavy atom. The number of hydrogen-bond acceptors (Lipinski definition) is 3. The number of nitrogens with zero attached hydrogens (tertiary/aromatic N) is 1. The summed E-state index contributed by atoms with van der Waals surface area (Å²) >= 11 is 0. The molecule has 3 heteroatoms. The Kier molecular flexibility index (Phi) is 3.42. The maximum atomic E-state index is 5.73. The molecule has 2 fully saturated rings. The summed E-state index contributed by atoms with van der Waals surface area (Å²) in [5.74, 6) is -0.230. The van der Waals surface area contributed by atoms with Gasteiger partial charge in [-0.05, 0) is 25.9 Å². The molecular weight excluding hydrogens is 178 g/mol. The monoisotopic (exact) mass is 199 g/mol. The molecule has 0 bridgehead atoms. The minimum Gasteiger partial charge on any atom is -0.346 e. The summed E-state index contributed by atoms with van der Waals surface area (Å²) in [6.45, 7) is 7.19. The zero-order valence-corrected chi connectivity index (χ0v) is 9.13. The van der Waals surface area contributed by atoms with Crippen LogP contribution < -0.4 is 0 Å². The highest BCUT2D eigenvalue weighted by molar-refractivity contribution is 4.83. The smallest absolute Gasteiger partial charge is 0.181 e. The molecule has 0 aromatic rings. The van der Waals surface area contributed by atoms with Crippen molar-refractivity contribution >= 4 is 0 Å². The van der Waals surface area contributed by atoms with Crippen molar-refractivity contribution in [3.8, 4) is 0 Å². The van der Waals surface area contributed by atoms with Crippen molar-refractivity contribution in [2.24, 2.45) is 0 Å². The fourth-order valence-corrected chi connectivity index (χ4v) is 2.38. The topological polar surface area (TPSA) is 21.7 Å². The molecule has 2 aliphatic heterocycles. The average Bonchev–Trinajstić information content (AvgIpc) is 2.63. The van der Waals surface area contributed by atoms with Crippen molar-refractivity contribution in [3.05, 3.63) is 0 Å². The standard InChI is InChI=1S/C11H21NO2/c1-2-3-6-12-7-4-5-11(10-12)13-8-9-14-11/h2-10H2,1H3. The highest BCUT2D eigenvalue weighted by atomic mass is 16.7. The summed E-state index contributed by atoms with van der Waals surface area (Å²) in [7, 11) is 0. The van der Waals surface area contributed by atoms with Crippen LogP contribution in [0, 0.1) is 0 Å². The van der Waals surface area contributed by atoms with Gasteiger partial charge in [-0.1, -0.05) is 13.3 Å². The van der Waals surface area contributed by atoms with Crippen LogP contribution in [0.2, 0.25) is 0 Å². The van der Waals surface area contributed by atoms with E-state index in [2.05, 4.69) is 11.8 Å². The summed E-state index contributed by atoms with van der Waals surface area (Å²) in [4.78, 5) is 2.48. The van der Waals surface area contributed by atoms with Crippen LogP contribution in [0.15, 0.2) is 0 Å². The third-order valence-electron chi connectivity index (χ3n) is 3.14. The summed E-state index contributed by atoms with van der Waals surface area (Å²) in [5, 5.41) is 0. The highest BCUT2D eigenvalue weighted by Gasteiger charge is 2.40. The number of hydrogen-bond donors (Lipinski definition) is 0. The fraction of sp³-hybridized carbons (Fsp3) is 1.00. The number of piperidine rings is 1. The number of unbranched alkanes of at least 4 members (excludes halogenated alkanes) is 1. The SMILES string of the molecule is CCCCN1CCCC2(C1)OCCO2. The summed E-state index contributed by atoms with van der Waals surface area (Å²) in [6.07, 6.45) is 4.85. The summed E-state index contributed by atoms with van der Waals surface area (Å²) < 4.78 is 11.5. The first-order valence-electron chi connectivity index (χ1n) is 5.85. The van der Waals surface area contributed by atoms with Crippen LogP contribution in [-0.4, -0.2) is 43.5 Å². The predicted octanol–water partition coefficient (Wildman–Crippen LogP) is 1.63. The van der Waals surface area contributed by atoms with Gasteiger partial charge in [0, 0.05) is 6.42 Å². The van der Waals surface area contributed by atoms with E-state index < -0.39 is 0 Å². The molecule has 2 heterocycles. The van der Waals surface area contributed by atoms with Crippen LogP contribution >= 0.6 is 0 Å². The van der Waals surface area contributed by atoms with Crippen LogP contribution in [0.1, 0.15) is 32.6 Å². The second-order valence-electron chi connectivity index (χ2n) is 4.34. The molecule has 2 rings (SSSR count). The Morgan fingerprint density at radius 2 is 2.07 bits per heavy atom. The second kappa shape index (κ2) is 4.60. The van der Waals surface area contributed by atoms with E-state index in [9.17, 15) is 0 Å². The van der Waals surface area contributed by atoms with E-state index in [-0.39, 0.29) is 5.79 Å². The van der Waals surface area contributed by atoms with Gasteiger partial charge in [0.25, 0.3) is 0 Å². The van der Waals surface area contributed by atoms with E-state index in [0.717, 1.165) is 26.2 Å². The minimum absolute atomic E-state index is 0.230. The van der Waals surface area contributed by atoms with E-state index in [1.165, 1.54) is 32.4 Å². The normalized spacial score (nSPS) is 27.2. The zero-order chi connectivity index (χ0) is 9.86. The largest absolute Gasteiger partial charge is 0.346 e. The molecule has 0 N–H and O–H groups in total. The summed E-state index contributed by atoms with van der Waals surface area (Å²) in [5.41, 5.74) is 0. The Labute approximate surface area is 86.4 Å². The molecule has 2 saturated heterocycles. The molecule has 14 heavy (non-hydrogen) atoms. The van der Waals surface area contributed by atoms with Crippen LogP contribution in [0.4, 0.5) is 0 Å². The van der Waals surface area contributed by atoms with Gasteiger partial charge in [-0.3, -0.25) is 4.90 Å². The van der Waals surface area contributed by atoms with Gasteiger partial charge in [-0.15, -0.1) is 0 Å². The second-order valence-corrected chi connectivity index (χ2v) is 4.34. The lowest BCUT2D eigenvalue weighted by Gasteiger charge is -2.38. The van der Waals surface area contributed by atoms with Crippen molar-refractivity contribution in [3.63, 3.8) is 0 Å². The van der Waals surface area contributed by atoms with Gasteiger partial charge in [-0.25, -0.2) is 0 Å². The lowest BCUT2D eigenvalue weighted by atomic mass is 10.0. The summed E-state index contributed by atoms with van der Waals surface area (Å²) in [6, 6.07) is 0. The molecule has 0 saturated carbocycles. The number of rotatable bonds is 3. The predicted molar refractivity (Wildman–Crippen MR) is 55.2 cm³/mol. The minimum atomic E-state index is -0.230. The first-order chi connectivity index (χ1) is 6.85. The maximum Gasteiger partial charge on any atom is 0.181 e. The molecule has 2 aliphatic rings. The lowest BCUT2D eigenvalue weighted by Crippen LogP contribution is -2.49. The highest BCUT2D eigenvalue weighted by Crippen LogP contribution is 2.29. The Morgan fingerprint density at radius 3 is 2.79 bits per heavy atom. The Hall–Kier alpha value is -0.120. The van der Waals surface area contributed by atoms with Crippen LogP contribution in [0.5, 0.6) is 0 Å². The Bertz CT molecular complexity index is 178. The van der Waals surface area contributed by atoms with E-state index in [1.807, 2.05) is 0 Å². The molecule has 0 unspecified atom stereocenters. The molecule has 82 valence electrons. The van der Waals surface area contributed by atoms with Gasteiger partial charge in [0.05, 0.1) is 19.8 Å². The number of ether oxygens (including phenoxy) is 2. The van der Waals surface area contributed by atoms with Crippen LogP contribution in [0.25, 0.3) is 0 Å². The molecule has 3 nitrogen and oxygen atoms in total. The van der Waals surface area contributed by atoms with E-state index in [4.69, 9.17) is 9.47 Å². The van der Waals surface area contributed by atoms with Gasteiger partial charge in [0.15, 0.2) is 5.79 Å². The zero-order valence-electron chi connectivity index (χ0n) is 9.13. The number of likely N-dealkylation sites (tertiary alicyclic amines) is 1. The molecule has 0 amide bonds. The van der Waals surface area contributed by atoms with Crippen molar-refractivity contribution in [2.75, 3.05) is 32.8 Å². The van der Waals surface area contributed by atoms with Crippen LogP contribution in [0.3, 0.4) is 0 Å². The Balaban J connectivity index is 1.83. The van der Waals surface area contributed by atoms with Gasteiger partial charge < -0.3 is 9.47 Å². The maximum absolute atomic E-state index is 5.73. The molecule has 0 atom stereocenters. The van der Waals surface area contributed by atoms with Gasteiger partial charge in [0.2, 0.25) is 0 Å². The van der Waals surface area contributed by atoms with Gasteiger partial charge in [-0.2, -0.15) is 0 Å². The molecule has 0 aliphatic carbocycles. The lowest BCUT2D eigenvalue weighted by molar-refractivity contribution is -0.189. The van der Waals surface area contributed by atoms with E-state index in [1.54, 1.807) is 0 Å². The van der Waals surface area contributed by atoms with Crippen molar-refractivity contribution in [1.82, 2.24) is 4.90 Å². The van der Waals surface area contributed by atoms with Crippen molar-refractivity contribution in [2.45, 2.75) is 38.4 Å². The van der Waals surface area contributed by atoms with Crippen LogP contribution in [-0.2, 0) is 9.47 Å². The fourth-order valence-electron chi connectivity index (χ4n) is 2.38.